The maximum Gasteiger partial charge on any atom is 0.144 e. The summed E-state index contributed by atoms with van der Waals surface area (Å²) in [5.41, 5.74) is 8.43. The zero-order valence-corrected chi connectivity index (χ0v) is 28.2. The minimum Gasteiger partial charge on any atom is -0.370 e. The van der Waals surface area contributed by atoms with E-state index in [-0.39, 0.29) is 0 Å². The summed E-state index contributed by atoms with van der Waals surface area (Å²) in [6.07, 6.45) is 9.80. The highest BCUT2D eigenvalue weighted by Crippen LogP contribution is 2.38. The molecule has 2 aromatic heterocycles. The second-order valence-corrected chi connectivity index (χ2v) is 12.9. The SMILES string of the molecule is CCCCCCN(CCCCCC)c1ccc(-c2ccc(-c3ccc(-c4cc(F)c(C#N)c(F)c4)c4nsnc34)cc2)c2nsnc12. The molecule has 4 aromatic carbocycles. The average Bonchev–Trinajstić information content (AvgIpc) is 3.78. The fraction of sp³-hybridized carbons (Fsp3) is 0.324. The van der Waals surface area contributed by atoms with E-state index >= 15 is 0 Å². The number of hydrogen-bond donors (Lipinski definition) is 0. The number of unbranched alkanes of at least 4 members (excludes halogenated alkanes) is 6. The Hall–Kier alpha value is -4.33. The molecule has 0 aliphatic carbocycles. The molecule has 0 aliphatic rings. The lowest BCUT2D eigenvalue weighted by Gasteiger charge is -2.25. The maximum atomic E-state index is 14.4. The van der Waals surface area contributed by atoms with E-state index in [9.17, 15) is 8.78 Å². The topological polar surface area (TPSA) is 78.6 Å². The van der Waals surface area contributed by atoms with E-state index in [1.165, 1.54) is 80.9 Å². The van der Waals surface area contributed by atoms with Crippen molar-refractivity contribution >= 4 is 51.2 Å². The number of aromatic nitrogens is 4. The van der Waals surface area contributed by atoms with Crippen molar-refractivity contribution in [2.75, 3.05) is 18.0 Å². The van der Waals surface area contributed by atoms with Crippen molar-refractivity contribution in [3.63, 3.8) is 0 Å². The van der Waals surface area contributed by atoms with Gasteiger partial charge in [-0.15, -0.1) is 0 Å². The summed E-state index contributed by atoms with van der Waals surface area (Å²) >= 11 is 2.31. The molecule has 0 saturated carbocycles. The first-order valence-electron chi connectivity index (χ1n) is 16.3. The van der Waals surface area contributed by atoms with Gasteiger partial charge in [-0.05, 0) is 53.8 Å². The van der Waals surface area contributed by atoms with Crippen molar-refractivity contribution in [3.05, 3.63) is 77.9 Å². The van der Waals surface area contributed by atoms with Crippen LogP contribution in [0.4, 0.5) is 14.5 Å². The Labute approximate surface area is 282 Å². The van der Waals surface area contributed by atoms with Gasteiger partial charge >= 0.3 is 0 Å². The highest BCUT2D eigenvalue weighted by molar-refractivity contribution is 7.00. The number of nitriles is 1. The van der Waals surface area contributed by atoms with Gasteiger partial charge < -0.3 is 4.90 Å². The smallest absolute Gasteiger partial charge is 0.144 e. The quantitative estimate of drug-likeness (QED) is 0.108. The summed E-state index contributed by atoms with van der Waals surface area (Å²) in [6.45, 7) is 6.55. The van der Waals surface area contributed by atoms with Crippen LogP contribution in [0.25, 0.3) is 55.4 Å². The first-order valence-corrected chi connectivity index (χ1v) is 17.8. The molecular weight excluding hydrogens is 631 g/mol. The second kappa shape index (κ2) is 15.1. The summed E-state index contributed by atoms with van der Waals surface area (Å²) in [6, 6.07) is 20.3. The van der Waals surface area contributed by atoms with Crippen molar-refractivity contribution in [3.8, 4) is 39.4 Å². The van der Waals surface area contributed by atoms with E-state index in [2.05, 4.69) is 63.9 Å². The number of rotatable bonds is 14. The average molecular weight is 667 g/mol. The van der Waals surface area contributed by atoms with Crippen molar-refractivity contribution in [1.29, 1.82) is 5.26 Å². The third-order valence-corrected chi connectivity index (χ3v) is 9.74. The molecule has 240 valence electrons. The molecule has 0 atom stereocenters. The van der Waals surface area contributed by atoms with E-state index in [1.807, 2.05) is 6.07 Å². The molecule has 0 bridgehead atoms. The van der Waals surface area contributed by atoms with Gasteiger partial charge in [0.25, 0.3) is 0 Å². The van der Waals surface area contributed by atoms with Gasteiger partial charge in [0, 0.05) is 29.8 Å². The molecule has 2 heterocycles. The Kier molecular flexibility index (Phi) is 10.4. The van der Waals surface area contributed by atoms with E-state index in [0.29, 0.717) is 22.2 Å². The van der Waals surface area contributed by atoms with Crippen LogP contribution in [0.1, 0.15) is 70.8 Å². The van der Waals surface area contributed by atoms with Crippen LogP contribution in [0.2, 0.25) is 0 Å². The molecule has 10 heteroatoms. The van der Waals surface area contributed by atoms with Gasteiger partial charge in [0.15, 0.2) is 0 Å². The monoisotopic (exact) mass is 666 g/mol. The van der Waals surface area contributed by atoms with Gasteiger partial charge in [0.1, 0.15) is 45.3 Å². The molecule has 0 unspecified atom stereocenters. The first-order chi connectivity index (χ1) is 23.0. The van der Waals surface area contributed by atoms with Crippen molar-refractivity contribution in [2.45, 2.75) is 65.2 Å². The predicted octanol–water partition coefficient (Wildman–Crippen LogP) is 10.8. The Morgan fingerprint density at radius 1 is 0.596 bits per heavy atom. The molecule has 0 N–H and O–H groups in total. The Morgan fingerprint density at radius 2 is 1.04 bits per heavy atom. The van der Waals surface area contributed by atoms with E-state index < -0.39 is 17.2 Å². The van der Waals surface area contributed by atoms with Crippen LogP contribution in [0, 0.1) is 23.0 Å². The molecule has 0 aliphatic heterocycles. The lowest BCUT2D eigenvalue weighted by Crippen LogP contribution is -2.26. The summed E-state index contributed by atoms with van der Waals surface area (Å²) in [5, 5.41) is 9.06. The largest absolute Gasteiger partial charge is 0.370 e. The fourth-order valence-electron chi connectivity index (χ4n) is 6.15. The molecule has 47 heavy (non-hydrogen) atoms. The van der Waals surface area contributed by atoms with Crippen LogP contribution in [0.5, 0.6) is 0 Å². The number of fused-ring (bicyclic) bond motifs is 2. The van der Waals surface area contributed by atoms with E-state index in [0.717, 1.165) is 58.1 Å². The molecule has 0 saturated heterocycles. The molecule has 0 amide bonds. The predicted molar refractivity (Wildman–Crippen MR) is 190 cm³/mol. The van der Waals surface area contributed by atoms with Crippen molar-refractivity contribution in [2.24, 2.45) is 0 Å². The summed E-state index contributed by atoms with van der Waals surface area (Å²) in [7, 11) is 0. The summed E-state index contributed by atoms with van der Waals surface area (Å²) in [4.78, 5) is 2.51. The van der Waals surface area contributed by atoms with Crippen LogP contribution in [-0.2, 0) is 0 Å². The third-order valence-electron chi connectivity index (χ3n) is 8.69. The molecule has 0 spiro atoms. The lowest BCUT2D eigenvalue weighted by atomic mass is 9.95. The molecule has 6 nitrogen and oxygen atoms in total. The van der Waals surface area contributed by atoms with Crippen LogP contribution < -0.4 is 4.90 Å². The molecule has 0 radical (unpaired) electrons. The lowest BCUT2D eigenvalue weighted by molar-refractivity contribution is 0.578. The molecule has 6 rings (SSSR count). The van der Waals surface area contributed by atoms with Gasteiger partial charge in [-0.1, -0.05) is 88.8 Å². The first kappa shape index (κ1) is 32.6. The number of anilines is 1. The van der Waals surface area contributed by atoms with Crippen LogP contribution in [-0.4, -0.2) is 30.6 Å². The van der Waals surface area contributed by atoms with Crippen molar-refractivity contribution < 1.29 is 8.78 Å². The Morgan fingerprint density at radius 3 is 1.53 bits per heavy atom. The summed E-state index contributed by atoms with van der Waals surface area (Å²) < 4.78 is 47.4. The van der Waals surface area contributed by atoms with Gasteiger partial charge in [-0.25, -0.2) is 8.78 Å². The number of halogens is 2. The van der Waals surface area contributed by atoms with Gasteiger partial charge in [0.2, 0.25) is 0 Å². The maximum absolute atomic E-state index is 14.4. The zero-order valence-electron chi connectivity index (χ0n) is 26.6. The van der Waals surface area contributed by atoms with Crippen LogP contribution in [0.15, 0.2) is 60.7 Å². The minimum atomic E-state index is -0.900. The van der Waals surface area contributed by atoms with Gasteiger partial charge in [0.05, 0.1) is 29.1 Å². The summed E-state index contributed by atoms with van der Waals surface area (Å²) in [5.74, 6) is -1.80. The standard InChI is InChI=1S/C37H36F2N6S2/c1-3-5-7-9-19-45(20-10-8-6-4-2)33-18-17-28(36-37(33)44-47-43-36)25-13-11-24(12-14-25)27-15-16-29(35-34(27)41-46-42-35)26-21-31(38)30(23-40)32(39)22-26/h11-18,21-22H,3-10,19-20H2,1-2H3. The van der Waals surface area contributed by atoms with Gasteiger partial charge in [-0.3, -0.25) is 0 Å². The number of benzene rings is 4. The molecular formula is C37H36F2N6S2. The number of nitrogens with zero attached hydrogens (tertiary/aromatic N) is 6. The van der Waals surface area contributed by atoms with Crippen LogP contribution >= 0.6 is 23.5 Å². The zero-order chi connectivity index (χ0) is 32.8. The minimum absolute atomic E-state index is 0.309. The second-order valence-electron chi connectivity index (χ2n) is 11.8. The fourth-order valence-corrected chi connectivity index (χ4v) is 7.29. The normalized spacial score (nSPS) is 11.4. The van der Waals surface area contributed by atoms with Gasteiger partial charge in [-0.2, -0.15) is 22.8 Å². The highest BCUT2D eigenvalue weighted by Gasteiger charge is 2.19. The van der Waals surface area contributed by atoms with Crippen LogP contribution in [0.3, 0.4) is 0 Å². The van der Waals surface area contributed by atoms with E-state index in [1.54, 1.807) is 12.1 Å². The number of hydrogen-bond acceptors (Lipinski definition) is 8. The molecule has 6 aromatic rings. The Balaban J connectivity index is 1.29. The molecule has 0 fully saturated rings. The Bertz CT molecular complexity index is 1990. The van der Waals surface area contributed by atoms with Crippen molar-refractivity contribution in [1.82, 2.24) is 17.5 Å². The third kappa shape index (κ3) is 6.87. The highest BCUT2D eigenvalue weighted by atomic mass is 32.1. The van der Waals surface area contributed by atoms with E-state index in [4.69, 9.17) is 14.0 Å².